The lowest BCUT2D eigenvalue weighted by Gasteiger charge is -1.92. The number of nitrogens with zero attached hydrogens (tertiary/aromatic N) is 2. The number of terminal acetylenes is 1. The number of aromatic nitrogens is 2. The highest BCUT2D eigenvalue weighted by Crippen LogP contribution is 2.02. The summed E-state index contributed by atoms with van der Waals surface area (Å²) in [5, 5.41) is 0. The van der Waals surface area contributed by atoms with Crippen molar-refractivity contribution in [3.63, 3.8) is 0 Å². The molecule has 0 saturated heterocycles. The summed E-state index contributed by atoms with van der Waals surface area (Å²) < 4.78 is 1.90. The minimum atomic E-state index is 0.871. The van der Waals surface area contributed by atoms with Gasteiger partial charge in [-0.15, -0.1) is 6.42 Å². The van der Waals surface area contributed by atoms with Gasteiger partial charge in [0.2, 0.25) is 0 Å². The Morgan fingerprint density at radius 2 is 2.36 bits per heavy atom. The van der Waals surface area contributed by atoms with E-state index in [2.05, 4.69) is 10.9 Å². The van der Waals surface area contributed by atoms with Crippen molar-refractivity contribution in [2.24, 2.45) is 0 Å². The summed E-state index contributed by atoms with van der Waals surface area (Å²) in [6.07, 6.45) is 10.7. The van der Waals surface area contributed by atoms with Crippen LogP contribution in [-0.4, -0.2) is 9.38 Å². The first-order valence-electron chi connectivity index (χ1n) is 3.29. The van der Waals surface area contributed by atoms with E-state index in [1.807, 2.05) is 28.9 Å². The van der Waals surface area contributed by atoms with E-state index in [9.17, 15) is 0 Å². The number of fused-ring (bicyclic) bond motifs is 1. The molecule has 0 aliphatic heterocycles. The molecule has 0 radical (unpaired) electrons. The maximum absolute atomic E-state index is 5.23. The highest BCUT2D eigenvalue weighted by molar-refractivity contribution is 5.43. The Morgan fingerprint density at radius 1 is 1.45 bits per heavy atom. The van der Waals surface area contributed by atoms with Crippen molar-refractivity contribution >= 4 is 5.65 Å². The Hall–Kier alpha value is -1.75. The number of imidazole rings is 1. The molecule has 0 saturated carbocycles. The van der Waals surface area contributed by atoms with Gasteiger partial charge in [-0.25, -0.2) is 4.98 Å². The van der Waals surface area contributed by atoms with Crippen LogP contribution >= 0.6 is 0 Å². The summed E-state index contributed by atoms with van der Waals surface area (Å²) in [5.74, 6) is 2.56. The summed E-state index contributed by atoms with van der Waals surface area (Å²) in [6, 6.07) is 3.78. The van der Waals surface area contributed by atoms with Gasteiger partial charge in [0.15, 0.2) is 0 Å². The van der Waals surface area contributed by atoms with Gasteiger partial charge in [0, 0.05) is 24.2 Å². The molecule has 2 nitrogen and oxygen atoms in total. The zero-order chi connectivity index (χ0) is 7.68. The van der Waals surface area contributed by atoms with Crippen molar-refractivity contribution in [3.8, 4) is 12.3 Å². The van der Waals surface area contributed by atoms with E-state index < -0.39 is 0 Å². The zero-order valence-electron chi connectivity index (χ0n) is 5.86. The fourth-order valence-corrected chi connectivity index (χ4v) is 1.01. The van der Waals surface area contributed by atoms with Gasteiger partial charge in [-0.1, -0.05) is 5.92 Å². The minimum Gasteiger partial charge on any atom is -0.306 e. The van der Waals surface area contributed by atoms with E-state index in [1.165, 1.54) is 0 Å². The SMILES string of the molecule is C#Cc1ccc2nccn2c1. The van der Waals surface area contributed by atoms with Gasteiger partial charge in [-0.2, -0.15) is 0 Å². The molecule has 0 spiro atoms. The van der Waals surface area contributed by atoms with Crippen LogP contribution in [0.5, 0.6) is 0 Å². The van der Waals surface area contributed by atoms with Crippen LogP contribution in [0.4, 0.5) is 0 Å². The quantitative estimate of drug-likeness (QED) is 0.507. The zero-order valence-corrected chi connectivity index (χ0v) is 5.86. The normalized spacial score (nSPS) is 9.73. The predicted octanol–water partition coefficient (Wildman–Crippen LogP) is 1.32. The van der Waals surface area contributed by atoms with Crippen LogP contribution in [0.3, 0.4) is 0 Å². The molecule has 2 aromatic rings. The Kier molecular flexibility index (Phi) is 1.16. The Balaban J connectivity index is 2.79. The molecule has 0 atom stereocenters. The largest absolute Gasteiger partial charge is 0.306 e. The molecule has 2 aromatic heterocycles. The Labute approximate surface area is 64.5 Å². The monoisotopic (exact) mass is 142 g/mol. The third-order valence-corrected chi connectivity index (χ3v) is 1.56. The second kappa shape index (κ2) is 2.14. The molecule has 11 heavy (non-hydrogen) atoms. The molecule has 2 heterocycles. The first-order valence-corrected chi connectivity index (χ1v) is 3.29. The lowest BCUT2D eigenvalue weighted by Crippen LogP contribution is -1.83. The first kappa shape index (κ1) is 5.99. The molecule has 0 unspecified atom stereocenters. The highest BCUT2D eigenvalue weighted by atomic mass is 15.0. The fraction of sp³-hybridized carbons (Fsp3) is 0. The topological polar surface area (TPSA) is 17.3 Å². The standard InChI is InChI=1S/C9H6N2/c1-2-8-3-4-9-10-5-6-11(9)7-8/h1,3-7H. The van der Waals surface area contributed by atoms with Crippen LogP contribution in [0, 0.1) is 12.3 Å². The van der Waals surface area contributed by atoms with Crippen LogP contribution in [0.15, 0.2) is 30.7 Å². The molecule has 2 heteroatoms. The van der Waals surface area contributed by atoms with Gasteiger partial charge in [-0.3, -0.25) is 0 Å². The van der Waals surface area contributed by atoms with Crippen LogP contribution in [0.2, 0.25) is 0 Å². The second-order valence-corrected chi connectivity index (χ2v) is 2.25. The predicted molar refractivity (Wildman–Crippen MR) is 43.1 cm³/mol. The number of rotatable bonds is 0. The third kappa shape index (κ3) is 0.870. The molecule has 0 aromatic carbocycles. The van der Waals surface area contributed by atoms with Gasteiger partial charge in [0.1, 0.15) is 5.65 Å². The maximum Gasteiger partial charge on any atom is 0.136 e. The second-order valence-electron chi connectivity index (χ2n) is 2.25. The van der Waals surface area contributed by atoms with Crippen molar-refractivity contribution in [2.75, 3.05) is 0 Å². The van der Waals surface area contributed by atoms with Crippen molar-refractivity contribution in [1.29, 1.82) is 0 Å². The van der Waals surface area contributed by atoms with E-state index in [-0.39, 0.29) is 0 Å². The van der Waals surface area contributed by atoms with E-state index in [4.69, 9.17) is 6.42 Å². The molecule has 0 aliphatic carbocycles. The number of pyridine rings is 1. The summed E-state index contributed by atoms with van der Waals surface area (Å²) in [7, 11) is 0. The Morgan fingerprint density at radius 3 is 3.18 bits per heavy atom. The molecule has 2 rings (SSSR count). The smallest absolute Gasteiger partial charge is 0.136 e. The molecule has 0 fully saturated rings. The molecule has 52 valence electrons. The van der Waals surface area contributed by atoms with Gasteiger partial charge < -0.3 is 4.40 Å². The van der Waals surface area contributed by atoms with Gasteiger partial charge >= 0.3 is 0 Å². The van der Waals surface area contributed by atoms with E-state index in [1.54, 1.807) is 6.20 Å². The van der Waals surface area contributed by atoms with Crippen molar-refractivity contribution < 1.29 is 0 Å². The van der Waals surface area contributed by atoms with Gasteiger partial charge in [0.25, 0.3) is 0 Å². The number of hydrogen-bond donors (Lipinski definition) is 0. The van der Waals surface area contributed by atoms with Crippen LogP contribution in [0.1, 0.15) is 5.56 Å². The molecule has 0 aliphatic rings. The molecule has 0 bridgehead atoms. The average molecular weight is 142 g/mol. The van der Waals surface area contributed by atoms with Crippen LogP contribution < -0.4 is 0 Å². The molecule has 0 N–H and O–H groups in total. The van der Waals surface area contributed by atoms with Gasteiger partial charge in [0.05, 0.1) is 0 Å². The Bertz CT molecular complexity index is 420. The molecule has 0 amide bonds. The summed E-state index contributed by atoms with van der Waals surface area (Å²) >= 11 is 0. The van der Waals surface area contributed by atoms with E-state index >= 15 is 0 Å². The summed E-state index contributed by atoms with van der Waals surface area (Å²) in [5.41, 5.74) is 1.79. The lowest BCUT2D eigenvalue weighted by molar-refractivity contribution is 1.18. The van der Waals surface area contributed by atoms with Crippen LogP contribution in [-0.2, 0) is 0 Å². The van der Waals surface area contributed by atoms with Crippen LogP contribution in [0.25, 0.3) is 5.65 Å². The van der Waals surface area contributed by atoms with Gasteiger partial charge in [-0.05, 0) is 12.1 Å². The number of hydrogen-bond acceptors (Lipinski definition) is 1. The van der Waals surface area contributed by atoms with Crippen molar-refractivity contribution in [3.05, 3.63) is 36.3 Å². The molecular weight excluding hydrogens is 136 g/mol. The summed E-state index contributed by atoms with van der Waals surface area (Å²) in [4.78, 5) is 4.09. The van der Waals surface area contributed by atoms with Crippen molar-refractivity contribution in [2.45, 2.75) is 0 Å². The summed E-state index contributed by atoms with van der Waals surface area (Å²) in [6.45, 7) is 0. The van der Waals surface area contributed by atoms with E-state index in [0.717, 1.165) is 11.2 Å². The maximum atomic E-state index is 5.23. The molecular formula is C9H6N2. The average Bonchev–Trinajstić information content (AvgIpc) is 2.50. The minimum absolute atomic E-state index is 0.871. The van der Waals surface area contributed by atoms with Crippen molar-refractivity contribution in [1.82, 2.24) is 9.38 Å². The lowest BCUT2D eigenvalue weighted by atomic mass is 10.3. The first-order chi connectivity index (χ1) is 5.40. The highest BCUT2D eigenvalue weighted by Gasteiger charge is 1.91. The third-order valence-electron chi connectivity index (χ3n) is 1.56. The van der Waals surface area contributed by atoms with E-state index in [0.29, 0.717) is 0 Å². The fourth-order valence-electron chi connectivity index (χ4n) is 1.01.